The van der Waals surface area contributed by atoms with Gasteiger partial charge in [0.1, 0.15) is 5.60 Å². The molecule has 0 aliphatic heterocycles. The summed E-state index contributed by atoms with van der Waals surface area (Å²) in [6.45, 7) is 3.97. The Morgan fingerprint density at radius 3 is 1.85 bits per heavy atom. The van der Waals surface area contributed by atoms with Crippen molar-refractivity contribution in [3.63, 3.8) is 0 Å². The van der Waals surface area contributed by atoms with Crippen molar-refractivity contribution in [3.8, 4) is 5.75 Å². The maximum atomic E-state index is 15.5. The molecule has 0 unspecified atom stereocenters. The van der Waals surface area contributed by atoms with Crippen LogP contribution in [0.25, 0.3) is 10.8 Å². The molecule has 0 N–H and O–H groups in total. The van der Waals surface area contributed by atoms with Crippen LogP contribution in [0.2, 0.25) is 0 Å². The topological polar surface area (TPSA) is 9.23 Å². The molecule has 5 rings (SSSR count). The fourth-order valence-corrected chi connectivity index (χ4v) is 6.39. The van der Waals surface area contributed by atoms with Crippen LogP contribution in [0.1, 0.15) is 19.4 Å². The second kappa shape index (κ2) is 9.36. The SMILES string of the molecule is CC(C)(Oc1ccc([S+](c2ccccc2)c2ccccc2)cc1F)c1cccc2ccccc12. The van der Waals surface area contributed by atoms with Crippen molar-refractivity contribution < 1.29 is 9.13 Å². The summed E-state index contributed by atoms with van der Waals surface area (Å²) in [7, 11) is -0.406. The summed E-state index contributed by atoms with van der Waals surface area (Å²) in [5.41, 5.74) is 0.325. The number of hydrogen-bond acceptors (Lipinski definition) is 1. The molecule has 168 valence electrons. The van der Waals surface area contributed by atoms with Gasteiger partial charge in [0.25, 0.3) is 0 Å². The maximum Gasteiger partial charge on any atom is 0.170 e. The number of ether oxygens (including phenoxy) is 1. The molecule has 0 saturated heterocycles. The van der Waals surface area contributed by atoms with E-state index in [4.69, 9.17) is 4.74 Å². The van der Waals surface area contributed by atoms with Gasteiger partial charge in [-0.15, -0.1) is 0 Å². The highest BCUT2D eigenvalue weighted by Crippen LogP contribution is 2.37. The van der Waals surface area contributed by atoms with Crippen molar-refractivity contribution in [1.29, 1.82) is 0 Å². The van der Waals surface area contributed by atoms with E-state index in [0.29, 0.717) is 0 Å². The number of hydrogen-bond donors (Lipinski definition) is 0. The van der Waals surface area contributed by atoms with Gasteiger partial charge < -0.3 is 4.74 Å². The van der Waals surface area contributed by atoms with Crippen molar-refractivity contribution >= 4 is 21.7 Å². The van der Waals surface area contributed by atoms with Gasteiger partial charge in [-0.2, -0.15) is 0 Å². The third-order valence-corrected chi connectivity index (χ3v) is 8.11. The second-order valence-electron chi connectivity index (χ2n) is 8.66. The highest BCUT2D eigenvalue weighted by molar-refractivity contribution is 7.97. The first-order valence-corrected chi connectivity index (χ1v) is 12.6. The number of fused-ring (bicyclic) bond motifs is 1. The van der Waals surface area contributed by atoms with Gasteiger partial charge in [-0.3, -0.25) is 0 Å². The molecule has 0 radical (unpaired) electrons. The van der Waals surface area contributed by atoms with E-state index in [1.54, 1.807) is 12.1 Å². The lowest BCUT2D eigenvalue weighted by Crippen LogP contribution is -2.26. The van der Waals surface area contributed by atoms with E-state index in [-0.39, 0.29) is 11.6 Å². The Labute approximate surface area is 203 Å². The van der Waals surface area contributed by atoms with Gasteiger partial charge in [-0.25, -0.2) is 4.39 Å². The monoisotopic (exact) mass is 465 g/mol. The van der Waals surface area contributed by atoms with E-state index in [1.807, 2.05) is 74.5 Å². The first-order chi connectivity index (χ1) is 16.5. The van der Waals surface area contributed by atoms with Crippen LogP contribution in [0.4, 0.5) is 4.39 Å². The third kappa shape index (κ3) is 4.44. The van der Waals surface area contributed by atoms with Crippen LogP contribution in [0, 0.1) is 5.82 Å². The molecule has 5 aromatic carbocycles. The molecule has 0 saturated carbocycles. The molecular formula is C31H26FOS+. The van der Waals surface area contributed by atoms with Gasteiger partial charge in [-0.1, -0.05) is 78.9 Å². The molecule has 5 aromatic rings. The van der Waals surface area contributed by atoms with Crippen LogP contribution in [-0.2, 0) is 16.5 Å². The largest absolute Gasteiger partial charge is 0.480 e. The Balaban J connectivity index is 1.51. The zero-order valence-corrected chi connectivity index (χ0v) is 20.1. The van der Waals surface area contributed by atoms with Gasteiger partial charge in [0.2, 0.25) is 0 Å². The summed E-state index contributed by atoms with van der Waals surface area (Å²) in [6.07, 6.45) is 0. The third-order valence-electron chi connectivity index (χ3n) is 5.90. The maximum absolute atomic E-state index is 15.5. The molecule has 1 nitrogen and oxygen atoms in total. The Morgan fingerprint density at radius 2 is 1.21 bits per heavy atom. The standard InChI is InChI=1S/C31H26FOS/c1-31(2,28-19-11-13-23-12-9-10-18-27(23)28)33-30-21-20-26(22-29(30)32)34(24-14-5-3-6-15-24)25-16-7-4-8-17-25/h3-22H,1-2H3/q+1. The lowest BCUT2D eigenvalue weighted by Gasteiger charge is -2.28. The summed E-state index contributed by atoms with van der Waals surface area (Å²) >= 11 is 0. The van der Waals surface area contributed by atoms with Crippen LogP contribution in [0.15, 0.2) is 136 Å². The fraction of sp³-hybridized carbons (Fsp3) is 0.0968. The molecule has 34 heavy (non-hydrogen) atoms. The Hall–Kier alpha value is -3.56. The van der Waals surface area contributed by atoms with Crippen LogP contribution in [-0.4, -0.2) is 0 Å². The zero-order valence-electron chi connectivity index (χ0n) is 19.2. The van der Waals surface area contributed by atoms with E-state index < -0.39 is 16.5 Å². The molecule has 0 aliphatic carbocycles. The zero-order chi connectivity index (χ0) is 23.5. The Kier molecular flexibility index (Phi) is 6.12. The first-order valence-electron chi connectivity index (χ1n) is 11.3. The highest BCUT2D eigenvalue weighted by Gasteiger charge is 2.31. The van der Waals surface area contributed by atoms with Crippen molar-refractivity contribution in [2.45, 2.75) is 34.1 Å². The normalized spacial score (nSPS) is 11.6. The second-order valence-corrected chi connectivity index (χ2v) is 10.7. The van der Waals surface area contributed by atoms with Crippen molar-refractivity contribution in [2.24, 2.45) is 0 Å². The smallest absolute Gasteiger partial charge is 0.170 e. The Bertz CT molecular complexity index is 1370. The minimum Gasteiger partial charge on any atom is -0.480 e. The molecule has 0 aromatic heterocycles. The number of benzene rings is 5. The van der Waals surface area contributed by atoms with Crippen LogP contribution in [0.5, 0.6) is 5.75 Å². The van der Waals surface area contributed by atoms with E-state index in [2.05, 4.69) is 48.5 Å². The van der Waals surface area contributed by atoms with Crippen molar-refractivity contribution in [1.82, 2.24) is 0 Å². The van der Waals surface area contributed by atoms with Crippen molar-refractivity contribution in [2.75, 3.05) is 0 Å². The quantitative estimate of drug-likeness (QED) is 0.229. The van der Waals surface area contributed by atoms with Crippen LogP contribution < -0.4 is 4.74 Å². The average molecular weight is 466 g/mol. The number of rotatable bonds is 6. The van der Waals surface area contributed by atoms with E-state index in [0.717, 1.165) is 31.0 Å². The summed E-state index contributed by atoms with van der Waals surface area (Å²) < 4.78 is 21.8. The lowest BCUT2D eigenvalue weighted by atomic mass is 9.92. The molecule has 3 heteroatoms. The molecule has 0 amide bonds. The highest BCUT2D eigenvalue weighted by atomic mass is 32.2. The van der Waals surface area contributed by atoms with E-state index in [1.165, 1.54) is 0 Å². The Morgan fingerprint density at radius 1 is 0.618 bits per heavy atom. The molecule has 0 heterocycles. The molecular weight excluding hydrogens is 439 g/mol. The van der Waals surface area contributed by atoms with E-state index in [9.17, 15) is 0 Å². The predicted octanol–water partition coefficient (Wildman–Crippen LogP) is 8.39. The van der Waals surface area contributed by atoms with E-state index >= 15 is 4.39 Å². The summed E-state index contributed by atoms with van der Waals surface area (Å²) in [6, 6.07) is 40.2. The molecule has 0 bridgehead atoms. The van der Waals surface area contributed by atoms with Crippen molar-refractivity contribution in [3.05, 3.63) is 133 Å². The molecule has 0 fully saturated rings. The molecule has 0 spiro atoms. The first kappa shape index (κ1) is 22.2. The van der Waals surface area contributed by atoms with Gasteiger partial charge in [0.05, 0.1) is 10.9 Å². The lowest BCUT2D eigenvalue weighted by molar-refractivity contribution is 0.104. The summed E-state index contributed by atoms with van der Waals surface area (Å²) in [5, 5.41) is 2.25. The average Bonchev–Trinajstić information content (AvgIpc) is 2.87. The van der Waals surface area contributed by atoms with Gasteiger partial charge in [-0.05, 0) is 61.0 Å². The van der Waals surface area contributed by atoms with Gasteiger partial charge in [0.15, 0.2) is 26.3 Å². The van der Waals surface area contributed by atoms with Gasteiger partial charge >= 0.3 is 0 Å². The molecule has 0 aliphatic rings. The van der Waals surface area contributed by atoms with Gasteiger partial charge in [0, 0.05) is 11.6 Å². The fourth-order valence-electron chi connectivity index (χ4n) is 4.29. The summed E-state index contributed by atoms with van der Waals surface area (Å²) in [5.74, 6) is -0.0958. The minimum atomic E-state index is -0.705. The summed E-state index contributed by atoms with van der Waals surface area (Å²) in [4.78, 5) is 3.22. The van der Waals surface area contributed by atoms with Crippen LogP contribution in [0.3, 0.4) is 0 Å². The molecule has 0 atom stereocenters. The number of halogens is 1. The minimum absolute atomic E-state index is 0.256. The predicted molar refractivity (Wildman–Crippen MR) is 139 cm³/mol. The van der Waals surface area contributed by atoms with Crippen LogP contribution >= 0.6 is 0 Å².